The number of nitrogens with zero attached hydrogens (tertiary/aromatic N) is 4. The van der Waals surface area contributed by atoms with Crippen LogP contribution >= 0.6 is 22.9 Å². The lowest BCUT2D eigenvalue weighted by Gasteiger charge is -2.38. The van der Waals surface area contributed by atoms with Crippen LogP contribution in [0.25, 0.3) is 10.9 Å². The van der Waals surface area contributed by atoms with E-state index in [2.05, 4.69) is 14.9 Å². The maximum atomic E-state index is 13.5. The fourth-order valence-electron chi connectivity index (χ4n) is 4.55. The van der Waals surface area contributed by atoms with E-state index >= 15 is 0 Å². The second-order valence-corrected chi connectivity index (χ2v) is 12.3. The summed E-state index contributed by atoms with van der Waals surface area (Å²) in [5.74, 6) is -1.03. The predicted molar refractivity (Wildman–Crippen MR) is 136 cm³/mol. The monoisotopic (exact) mass is 551 g/mol. The first kappa shape index (κ1) is 25.2. The van der Waals surface area contributed by atoms with Crippen molar-refractivity contribution in [2.75, 3.05) is 39.8 Å². The molecule has 3 aromatic rings. The molecule has 2 aromatic heterocycles. The van der Waals surface area contributed by atoms with Crippen molar-refractivity contribution in [1.82, 2.24) is 24.1 Å². The second-order valence-electron chi connectivity index (χ2n) is 8.87. The number of fused-ring (bicyclic) bond motifs is 2. The molecule has 2 aliphatic heterocycles. The van der Waals surface area contributed by atoms with E-state index in [1.54, 1.807) is 25.1 Å². The van der Waals surface area contributed by atoms with E-state index in [1.807, 2.05) is 7.05 Å². The maximum absolute atomic E-state index is 13.5. The van der Waals surface area contributed by atoms with Gasteiger partial charge in [-0.05, 0) is 38.2 Å². The van der Waals surface area contributed by atoms with Gasteiger partial charge in [-0.2, -0.15) is 4.31 Å². The molecule has 1 saturated heterocycles. The largest absolute Gasteiger partial charge is 0.464 e. The molecule has 4 heterocycles. The number of aromatic nitrogens is 2. The number of likely N-dealkylation sites (N-methyl/N-ethyl adjacent to an activating group) is 1. The zero-order valence-corrected chi connectivity index (χ0v) is 22.2. The number of thiazole rings is 1. The SMILES string of the molecule is CCOC(=O)C1CN(S(=O)(=O)c2cc3cc(Cl)ccc3[nH]2)CCN1C(=O)c1nc2c(s1)CN(C)CC2. The van der Waals surface area contributed by atoms with Crippen molar-refractivity contribution < 1.29 is 22.7 Å². The van der Waals surface area contributed by atoms with Crippen LogP contribution in [0.15, 0.2) is 29.3 Å². The van der Waals surface area contributed by atoms with Gasteiger partial charge in [-0.25, -0.2) is 18.2 Å². The minimum atomic E-state index is -3.97. The second kappa shape index (κ2) is 9.75. The van der Waals surface area contributed by atoms with Crippen molar-refractivity contribution in [3.8, 4) is 0 Å². The lowest BCUT2D eigenvalue weighted by molar-refractivity contribution is -0.149. The van der Waals surface area contributed by atoms with Gasteiger partial charge in [-0.3, -0.25) is 4.79 Å². The Balaban J connectivity index is 1.41. The molecule has 1 N–H and O–H groups in total. The topological polar surface area (TPSA) is 116 Å². The third kappa shape index (κ3) is 4.63. The van der Waals surface area contributed by atoms with Crippen LogP contribution in [-0.2, 0) is 32.5 Å². The number of sulfonamides is 1. The van der Waals surface area contributed by atoms with Crippen LogP contribution < -0.4 is 0 Å². The maximum Gasteiger partial charge on any atom is 0.330 e. The van der Waals surface area contributed by atoms with Gasteiger partial charge in [0, 0.05) is 59.9 Å². The van der Waals surface area contributed by atoms with Gasteiger partial charge in [0.25, 0.3) is 15.9 Å². The lowest BCUT2D eigenvalue weighted by atomic mass is 10.2. The van der Waals surface area contributed by atoms with Gasteiger partial charge in [-0.1, -0.05) is 11.6 Å². The lowest BCUT2D eigenvalue weighted by Crippen LogP contribution is -2.59. The highest BCUT2D eigenvalue weighted by Crippen LogP contribution is 2.29. The number of nitrogens with one attached hydrogen (secondary N) is 1. The molecule has 13 heteroatoms. The van der Waals surface area contributed by atoms with E-state index in [4.69, 9.17) is 16.3 Å². The molecule has 1 unspecified atom stereocenters. The van der Waals surface area contributed by atoms with Crippen LogP contribution in [0.3, 0.4) is 0 Å². The zero-order chi connectivity index (χ0) is 25.6. The van der Waals surface area contributed by atoms with Crippen LogP contribution in [0, 0.1) is 0 Å². The molecule has 0 bridgehead atoms. The van der Waals surface area contributed by atoms with Crippen LogP contribution in [0.4, 0.5) is 0 Å². The average Bonchev–Trinajstić information content (AvgIpc) is 3.47. The Labute approximate surface area is 217 Å². The molecule has 1 atom stereocenters. The number of carbonyl (C=O) groups excluding carboxylic acids is 2. The molecule has 1 amide bonds. The Morgan fingerprint density at radius 2 is 2.06 bits per heavy atom. The van der Waals surface area contributed by atoms with Gasteiger partial charge in [-0.15, -0.1) is 11.3 Å². The highest BCUT2D eigenvalue weighted by molar-refractivity contribution is 7.89. The molecule has 0 aliphatic carbocycles. The Kier molecular flexibility index (Phi) is 6.81. The van der Waals surface area contributed by atoms with Gasteiger partial charge < -0.3 is 19.5 Å². The number of piperazine rings is 1. The number of ether oxygens (including phenoxy) is 1. The number of hydrogen-bond donors (Lipinski definition) is 1. The molecule has 1 fully saturated rings. The van der Waals surface area contributed by atoms with Crippen molar-refractivity contribution in [1.29, 1.82) is 0 Å². The quantitative estimate of drug-likeness (QED) is 0.484. The average molecular weight is 552 g/mol. The van der Waals surface area contributed by atoms with E-state index in [1.165, 1.54) is 26.6 Å². The first-order valence-corrected chi connectivity index (χ1v) is 14.2. The highest BCUT2D eigenvalue weighted by Gasteiger charge is 2.42. The first-order chi connectivity index (χ1) is 17.2. The predicted octanol–water partition coefficient (Wildman–Crippen LogP) is 2.34. The van der Waals surface area contributed by atoms with Crippen molar-refractivity contribution in [3.63, 3.8) is 0 Å². The molecule has 1 aromatic carbocycles. The van der Waals surface area contributed by atoms with Gasteiger partial charge in [0.2, 0.25) is 0 Å². The van der Waals surface area contributed by atoms with E-state index in [0.717, 1.165) is 30.1 Å². The molecule has 36 heavy (non-hydrogen) atoms. The number of H-pyrrole nitrogens is 1. The molecular weight excluding hydrogens is 526 g/mol. The summed E-state index contributed by atoms with van der Waals surface area (Å²) >= 11 is 7.37. The van der Waals surface area contributed by atoms with Crippen LogP contribution in [-0.4, -0.2) is 90.2 Å². The van der Waals surface area contributed by atoms with Gasteiger partial charge in [0.15, 0.2) is 5.01 Å². The molecule has 0 spiro atoms. The number of hydrogen-bond acceptors (Lipinski definition) is 8. The summed E-state index contributed by atoms with van der Waals surface area (Å²) in [7, 11) is -1.95. The standard InChI is InChI=1S/C23H26ClN5O5S2/c1-3-34-23(31)18-12-28(36(32,33)20-11-14-10-15(24)4-5-16(14)25-20)8-9-29(18)22(30)21-26-17-6-7-27(2)13-19(17)35-21/h4-5,10-11,18,25H,3,6-9,12-13H2,1-2H3. The number of halogens is 1. The molecular formula is C23H26ClN5O5S2. The summed E-state index contributed by atoms with van der Waals surface area (Å²) < 4.78 is 33.4. The van der Waals surface area contributed by atoms with Crippen molar-refractivity contribution >= 4 is 55.7 Å². The Morgan fingerprint density at radius 1 is 1.25 bits per heavy atom. The summed E-state index contributed by atoms with van der Waals surface area (Å²) in [6.45, 7) is 3.24. The fourth-order valence-corrected chi connectivity index (χ4v) is 7.33. The summed E-state index contributed by atoms with van der Waals surface area (Å²) in [6, 6.07) is 5.50. The molecule has 2 aliphatic rings. The summed E-state index contributed by atoms with van der Waals surface area (Å²) in [6.07, 6.45) is 0.763. The molecule has 10 nitrogen and oxygen atoms in total. The van der Waals surface area contributed by atoms with Crippen molar-refractivity contribution in [2.45, 2.75) is 31.0 Å². The molecule has 5 rings (SSSR count). The Hall–Kier alpha value is -2.51. The number of amides is 1. The number of benzene rings is 1. The summed E-state index contributed by atoms with van der Waals surface area (Å²) in [5, 5.41) is 1.47. The highest BCUT2D eigenvalue weighted by atomic mass is 35.5. The molecule has 192 valence electrons. The number of rotatable bonds is 5. The number of aromatic amines is 1. The summed E-state index contributed by atoms with van der Waals surface area (Å²) in [4.78, 5) is 38.4. The fraction of sp³-hybridized carbons (Fsp3) is 0.435. The normalized spacial score (nSPS) is 19.4. The third-order valence-electron chi connectivity index (χ3n) is 6.44. The van der Waals surface area contributed by atoms with E-state index in [-0.39, 0.29) is 37.2 Å². The van der Waals surface area contributed by atoms with Gasteiger partial charge in [0.05, 0.1) is 12.3 Å². The van der Waals surface area contributed by atoms with Crippen LogP contribution in [0.5, 0.6) is 0 Å². The van der Waals surface area contributed by atoms with Crippen LogP contribution in [0.1, 0.15) is 27.3 Å². The third-order valence-corrected chi connectivity index (χ3v) is 9.54. The van der Waals surface area contributed by atoms with Crippen molar-refractivity contribution in [2.24, 2.45) is 0 Å². The minimum absolute atomic E-state index is 0.00105. The van der Waals surface area contributed by atoms with E-state index < -0.39 is 22.0 Å². The van der Waals surface area contributed by atoms with Gasteiger partial charge >= 0.3 is 5.97 Å². The van der Waals surface area contributed by atoms with Crippen LogP contribution in [0.2, 0.25) is 5.02 Å². The first-order valence-electron chi connectivity index (χ1n) is 11.6. The Morgan fingerprint density at radius 3 is 2.83 bits per heavy atom. The number of carbonyl (C=O) groups is 2. The van der Waals surface area contributed by atoms with E-state index in [0.29, 0.717) is 20.9 Å². The molecule has 0 saturated carbocycles. The van der Waals surface area contributed by atoms with E-state index in [9.17, 15) is 18.0 Å². The molecule has 0 radical (unpaired) electrons. The smallest absolute Gasteiger partial charge is 0.330 e. The summed E-state index contributed by atoms with van der Waals surface area (Å²) in [5.41, 5.74) is 1.54. The van der Waals surface area contributed by atoms with Gasteiger partial charge in [0.1, 0.15) is 11.1 Å². The van der Waals surface area contributed by atoms with Crippen molar-refractivity contribution in [3.05, 3.63) is 44.9 Å². The Bertz CT molecular complexity index is 1440. The zero-order valence-electron chi connectivity index (χ0n) is 19.9. The minimum Gasteiger partial charge on any atom is -0.464 e. The number of esters is 1.